The lowest BCUT2D eigenvalue weighted by molar-refractivity contribution is -0.137. The van der Waals surface area contributed by atoms with Gasteiger partial charge in [-0.05, 0) is 29.8 Å². The third kappa shape index (κ3) is 4.03. The quantitative estimate of drug-likeness (QED) is 0.803. The Morgan fingerprint density at radius 1 is 1.20 bits per heavy atom. The SMILES string of the molecule is O=C(O)CC(NC(=O)c1cccc(F)n1)c1ccc2c(c1)OCCO2. The molecule has 1 aromatic heterocycles. The number of aromatic nitrogens is 1. The van der Waals surface area contributed by atoms with Crippen LogP contribution >= 0.6 is 0 Å². The van der Waals surface area contributed by atoms with E-state index in [0.717, 1.165) is 6.07 Å². The number of nitrogens with zero attached hydrogens (tertiary/aromatic N) is 1. The van der Waals surface area contributed by atoms with Gasteiger partial charge >= 0.3 is 5.97 Å². The van der Waals surface area contributed by atoms with Crippen LogP contribution in [0.3, 0.4) is 0 Å². The minimum absolute atomic E-state index is 0.132. The van der Waals surface area contributed by atoms with Crippen molar-refractivity contribution in [1.82, 2.24) is 10.3 Å². The van der Waals surface area contributed by atoms with Gasteiger partial charge in [0, 0.05) is 0 Å². The number of carbonyl (C=O) groups excluding carboxylic acids is 1. The Morgan fingerprint density at radius 3 is 2.68 bits per heavy atom. The molecule has 1 aromatic carbocycles. The molecule has 2 aromatic rings. The van der Waals surface area contributed by atoms with E-state index in [0.29, 0.717) is 30.3 Å². The molecule has 0 saturated carbocycles. The number of aliphatic carboxylic acids is 1. The number of benzene rings is 1. The summed E-state index contributed by atoms with van der Waals surface area (Å²) < 4.78 is 24.1. The van der Waals surface area contributed by atoms with E-state index in [1.54, 1.807) is 18.2 Å². The summed E-state index contributed by atoms with van der Waals surface area (Å²) in [6.45, 7) is 0.826. The molecule has 25 heavy (non-hydrogen) atoms. The fraction of sp³-hybridized carbons (Fsp3) is 0.235. The summed E-state index contributed by atoms with van der Waals surface area (Å²) in [6.07, 6.45) is -0.347. The van der Waals surface area contributed by atoms with E-state index in [1.165, 1.54) is 12.1 Å². The second-order valence-electron chi connectivity index (χ2n) is 5.37. The van der Waals surface area contributed by atoms with Gasteiger partial charge in [0.05, 0.1) is 12.5 Å². The Morgan fingerprint density at radius 2 is 1.96 bits per heavy atom. The topological polar surface area (TPSA) is 97.8 Å². The molecule has 1 aliphatic heterocycles. The highest BCUT2D eigenvalue weighted by atomic mass is 19.1. The predicted octanol–water partition coefficient (Wildman–Crippen LogP) is 1.94. The highest BCUT2D eigenvalue weighted by Gasteiger charge is 2.22. The molecule has 0 aliphatic carbocycles. The monoisotopic (exact) mass is 346 g/mol. The zero-order valence-electron chi connectivity index (χ0n) is 13.1. The zero-order valence-corrected chi connectivity index (χ0v) is 13.1. The molecule has 1 amide bonds. The Labute approximate surface area is 142 Å². The number of carboxylic acid groups (broad SMARTS) is 1. The second kappa shape index (κ2) is 7.16. The Hall–Kier alpha value is -3.16. The number of carboxylic acids is 1. The van der Waals surface area contributed by atoms with Crippen LogP contribution in [0.25, 0.3) is 0 Å². The van der Waals surface area contributed by atoms with Crippen molar-refractivity contribution in [2.45, 2.75) is 12.5 Å². The summed E-state index contributed by atoms with van der Waals surface area (Å²) in [5, 5.41) is 11.7. The molecule has 130 valence electrons. The molecule has 1 aliphatic rings. The summed E-state index contributed by atoms with van der Waals surface area (Å²) in [4.78, 5) is 26.9. The summed E-state index contributed by atoms with van der Waals surface area (Å²) in [5.74, 6) is -1.51. The molecule has 2 N–H and O–H groups in total. The molecule has 0 radical (unpaired) electrons. The van der Waals surface area contributed by atoms with Crippen LogP contribution in [-0.2, 0) is 4.79 Å². The summed E-state index contributed by atoms with van der Waals surface area (Å²) in [7, 11) is 0. The fourth-order valence-electron chi connectivity index (χ4n) is 2.47. The maximum Gasteiger partial charge on any atom is 0.305 e. The summed E-state index contributed by atoms with van der Waals surface area (Å²) in [6, 6.07) is 7.93. The Balaban J connectivity index is 1.84. The van der Waals surface area contributed by atoms with Crippen LogP contribution < -0.4 is 14.8 Å². The van der Waals surface area contributed by atoms with Gasteiger partial charge in [0.25, 0.3) is 5.91 Å². The van der Waals surface area contributed by atoms with Crippen LogP contribution in [0.2, 0.25) is 0 Å². The first-order chi connectivity index (χ1) is 12.0. The minimum Gasteiger partial charge on any atom is -0.486 e. The molecule has 0 spiro atoms. The molecule has 1 atom stereocenters. The molecule has 0 saturated heterocycles. The van der Waals surface area contributed by atoms with Gasteiger partial charge in [0.1, 0.15) is 18.9 Å². The zero-order chi connectivity index (χ0) is 17.8. The van der Waals surface area contributed by atoms with Crippen LogP contribution in [0.15, 0.2) is 36.4 Å². The van der Waals surface area contributed by atoms with Crippen molar-refractivity contribution in [3.8, 4) is 11.5 Å². The maximum atomic E-state index is 13.2. The highest BCUT2D eigenvalue weighted by molar-refractivity contribution is 5.92. The van der Waals surface area contributed by atoms with Crippen LogP contribution in [0.1, 0.15) is 28.5 Å². The van der Waals surface area contributed by atoms with Gasteiger partial charge in [-0.3, -0.25) is 9.59 Å². The normalized spacial score (nSPS) is 13.8. The smallest absolute Gasteiger partial charge is 0.305 e. The minimum atomic E-state index is -1.09. The van der Waals surface area contributed by atoms with E-state index in [-0.39, 0.29) is 12.1 Å². The predicted molar refractivity (Wildman–Crippen MR) is 84.1 cm³/mol. The first-order valence-corrected chi connectivity index (χ1v) is 7.57. The average molecular weight is 346 g/mol. The van der Waals surface area contributed by atoms with Crippen molar-refractivity contribution in [3.63, 3.8) is 0 Å². The van der Waals surface area contributed by atoms with Crippen LogP contribution in [0.5, 0.6) is 11.5 Å². The van der Waals surface area contributed by atoms with E-state index in [1.807, 2.05) is 0 Å². The lowest BCUT2D eigenvalue weighted by Gasteiger charge is -2.22. The van der Waals surface area contributed by atoms with Gasteiger partial charge in [0.15, 0.2) is 11.5 Å². The average Bonchev–Trinajstić information content (AvgIpc) is 2.60. The molecule has 8 heteroatoms. The number of pyridine rings is 1. The van der Waals surface area contributed by atoms with E-state index in [9.17, 15) is 14.0 Å². The van der Waals surface area contributed by atoms with Crippen molar-refractivity contribution in [3.05, 3.63) is 53.6 Å². The molecule has 7 nitrogen and oxygen atoms in total. The third-order valence-corrected chi connectivity index (χ3v) is 3.60. The molecule has 2 heterocycles. The van der Waals surface area contributed by atoms with Crippen molar-refractivity contribution in [1.29, 1.82) is 0 Å². The summed E-state index contributed by atoms with van der Waals surface area (Å²) in [5.41, 5.74) is 0.407. The van der Waals surface area contributed by atoms with E-state index in [4.69, 9.17) is 14.6 Å². The lowest BCUT2D eigenvalue weighted by atomic mass is 10.0. The number of fused-ring (bicyclic) bond motifs is 1. The van der Waals surface area contributed by atoms with Crippen LogP contribution in [-0.4, -0.2) is 35.2 Å². The molecule has 0 bridgehead atoms. The number of ether oxygens (including phenoxy) is 2. The first kappa shape index (κ1) is 16.7. The van der Waals surface area contributed by atoms with Crippen molar-refractivity contribution in [2.75, 3.05) is 13.2 Å². The largest absolute Gasteiger partial charge is 0.486 e. The van der Waals surface area contributed by atoms with Gasteiger partial charge in [-0.1, -0.05) is 12.1 Å². The van der Waals surface area contributed by atoms with Crippen molar-refractivity contribution < 1.29 is 28.6 Å². The number of hydrogen-bond acceptors (Lipinski definition) is 5. The van der Waals surface area contributed by atoms with Crippen LogP contribution in [0.4, 0.5) is 4.39 Å². The first-order valence-electron chi connectivity index (χ1n) is 7.57. The van der Waals surface area contributed by atoms with E-state index >= 15 is 0 Å². The maximum absolute atomic E-state index is 13.2. The number of amides is 1. The van der Waals surface area contributed by atoms with Gasteiger partial charge in [-0.2, -0.15) is 4.39 Å². The number of rotatable bonds is 5. The lowest BCUT2D eigenvalue weighted by Crippen LogP contribution is -2.31. The second-order valence-corrected chi connectivity index (χ2v) is 5.37. The fourth-order valence-corrected chi connectivity index (χ4v) is 2.47. The highest BCUT2D eigenvalue weighted by Crippen LogP contribution is 2.33. The molecule has 3 rings (SSSR count). The van der Waals surface area contributed by atoms with Gasteiger partial charge < -0.3 is 19.9 Å². The van der Waals surface area contributed by atoms with Crippen molar-refractivity contribution in [2.24, 2.45) is 0 Å². The van der Waals surface area contributed by atoms with Crippen molar-refractivity contribution >= 4 is 11.9 Å². The van der Waals surface area contributed by atoms with Crippen LogP contribution in [0, 0.1) is 5.95 Å². The molecule has 1 unspecified atom stereocenters. The van der Waals surface area contributed by atoms with E-state index in [2.05, 4.69) is 10.3 Å². The van der Waals surface area contributed by atoms with Gasteiger partial charge in [-0.15, -0.1) is 0 Å². The summed E-state index contributed by atoms with van der Waals surface area (Å²) >= 11 is 0. The molecule has 0 fully saturated rings. The molecular formula is C17H15FN2O5. The number of nitrogens with one attached hydrogen (secondary N) is 1. The van der Waals surface area contributed by atoms with E-state index < -0.39 is 23.9 Å². The van der Waals surface area contributed by atoms with Gasteiger partial charge in [-0.25, -0.2) is 4.98 Å². The standard InChI is InChI=1S/C17H15FN2O5/c18-15-3-1-2-11(19-15)17(23)20-12(9-16(21)22)10-4-5-13-14(8-10)25-7-6-24-13/h1-5,8,12H,6-7,9H2,(H,20,23)(H,21,22). The Kier molecular flexibility index (Phi) is 4.78. The number of carbonyl (C=O) groups is 2. The molecular weight excluding hydrogens is 331 g/mol. The van der Waals surface area contributed by atoms with Gasteiger partial charge in [0.2, 0.25) is 5.95 Å². The Bertz CT molecular complexity index is 811. The number of halogens is 1. The third-order valence-electron chi connectivity index (χ3n) is 3.60. The number of hydrogen-bond donors (Lipinski definition) is 2.